The molecule has 0 unspecified atom stereocenters. The zero-order valence-electron chi connectivity index (χ0n) is 8.55. The highest BCUT2D eigenvalue weighted by atomic mass is 16.4. The molecule has 1 N–H and O–H groups in total. The van der Waals surface area contributed by atoms with Crippen molar-refractivity contribution >= 4 is 11.8 Å². The van der Waals surface area contributed by atoms with E-state index in [9.17, 15) is 4.79 Å². The van der Waals surface area contributed by atoms with Gasteiger partial charge in [-0.1, -0.05) is 0 Å². The average Bonchev–Trinajstić information content (AvgIpc) is 2.99. The fourth-order valence-corrected chi connectivity index (χ4v) is 1.47. The molecule has 15 heavy (non-hydrogen) atoms. The van der Waals surface area contributed by atoms with Crippen molar-refractivity contribution < 1.29 is 9.90 Å². The van der Waals surface area contributed by atoms with E-state index >= 15 is 0 Å². The van der Waals surface area contributed by atoms with Crippen LogP contribution in [0.5, 0.6) is 0 Å². The molecule has 2 rings (SSSR count). The minimum absolute atomic E-state index is 0.00239. The summed E-state index contributed by atoms with van der Waals surface area (Å²) in [6.07, 6.45) is 2.09. The lowest BCUT2D eigenvalue weighted by molar-refractivity contribution is -0.135. The Morgan fingerprint density at radius 3 is 2.73 bits per heavy atom. The molecule has 1 aliphatic rings. The molecule has 1 fully saturated rings. The smallest absolute Gasteiger partial charge is 0.323 e. The molecule has 0 atom stereocenters. The molecule has 1 heterocycles. The van der Waals surface area contributed by atoms with Crippen molar-refractivity contribution in [3.63, 3.8) is 0 Å². The van der Waals surface area contributed by atoms with Crippen LogP contribution in [0.4, 0.5) is 5.82 Å². The van der Waals surface area contributed by atoms with E-state index in [0.717, 1.165) is 18.5 Å². The number of anilines is 1. The number of carboxylic acid groups (broad SMARTS) is 1. The first kappa shape index (κ1) is 9.89. The Balaban J connectivity index is 2.16. The summed E-state index contributed by atoms with van der Waals surface area (Å²) in [5.41, 5.74) is 0.838. The molecule has 0 amide bonds. The molecule has 1 aromatic heterocycles. The Morgan fingerprint density at radius 1 is 1.53 bits per heavy atom. The third kappa shape index (κ3) is 2.43. The van der Waals surface area contributed by atoms with Crippen molar-refractivity contribution in [1.29, 1.82) is 0 Å². The van der Waals surface area contributed by atoms with Crippen LogP contribution in [0.3, 0.4) is 0 Å². The van der Waals surface area contributed by atoms with Gasteiger partial charge in [0.2, 0.25) is 0 Å². The third-order valence-corrected chi connectivity index (χ3v) is 2.37. The molecule has 5 nitrogen and oxygen atoms in total. The summed E-state index contributed by atoms with van der Waals surface area (Å²) in [6.45, 7) is 1.86. The van der Waals surface area contributed by atoms with Crippen molar-refractivity contribution in [2.45, 2.75) is 25.8 Å². The lowest BCUT2D eigenvalue weighted by Crippen LogP contribution is -2.32. The molecular weight excluding hydrogens is 194 g/mol. The number of hydrogen-bond donors (Lipinski definition) is 1. The van der Waals surface area contributed by atoms with Gasteiger partial charge in [0, 0.05) is 6.04 Å². The van der Waals surface area contributed by atoms with Crippen LogP contribution >= 0.6 is 0 Å². The van der Waals surface area contributed by atoms with Crippen molar-refractivity contribution in [3.05, 3.63) is 17.8 Å². The fraction of sp³-hybridized carbons (Fsp3) is 0.500. The van der Waals surface area contributed by atoms with Gasteiger partial charge in [0.15, 0.2) is 5.82 Å². The Morgan fingerprint density at radius 2 is 2.27 bits per heavy atom. The standard InChI is InChI=1S/C10H13N3O2/c1-7-2-5-9(12-11-7)13(6-10(14)15)8-3-4-8/h2,5,8H,3-4,6H2,1H3,(H,14,15). The molecule has 80 valence electrons. The van der Waals surface area contributed by atoms with Crippen molar-refractivity contribution in [3.8, 4) is 0 Å². The summed E-state index contributed by atoms with van der Waals surface area (Å²) in [5, 5.41) is 16.7. The third-order valence-electron chi connectivity index (χ3n) is 2.37. The van der Waals surface area contributed by atoms with Gasteiger partial charge < -0.3 is 10.0 Å². The molecule has 0 bridgehead atoms. The van der Waals surface area contributed by atoms with Crippen LogP contribution in [0.15, 0.2) is 12.1 Å². The van der Waals surface area contributed by atoms with Crippen LogP contribution in [-0.2, 0) is 4.79 Å². The van der Waals surface area contributed by atoms with Gasteiger partial charge in [0.1, 0.15) is 6.54 Å². The summed E-state index contributed by atoms with van der Waals surface area (Å²) in [7, 11) is 0. The van der Waals surface area contributed by atoms with E-state index in [1.54, 1.807) is 4.90 Å². The summed E-state index contributed by atoms with van der Waals surface area (Å²) < 4.78 is 0. The fourth-order valence-electron chi connectivity index (χ4n) is 1.47. The van der Waals surface area contributed by atoms with Crippen LogP contribution in [0, 0.1) is 6.92 Å². The van der Waals surface area contributed by atoms with E-state index in [1.807, 2.05) is 19.1 Å². The molecule has 0 aromatic carbocycles. The van der Waals surface area contributed by atoms with Gasteiger partial charge in [-0.3, -0.25) is 4.79 Å². The van der Waals surface area contributed by atoms with E-state index in [1.165, 1.54) is 0 Å². The van der Waals surface area contributed by atoms with Crippen LogP contribution in [0.2, 0.25) is 0 Å². The number of hydrogen-bond acceptors (Lipinski definition) is 4. The lowest BCUT2D eigenvalue weighted by Gasteiger charge is -2.20. The van der Waals surface area contributed by atoms with Gasteiger partial charge in [0.05, 0.1) is 5.69 Å². The Labute approximate surface area is 87.7 Å². The maximum atomic E-state index is 10.7. The topological polar surface area (TPSA) is 66.3 Å². The van der Waals surface area contributed by atoms with Gasteiger partial charge in [-0.05, 0) is 31.9 Å². The quantitative estimate of drug-likeness (QED) is 0.792. The van der Waals surface area contributed by atoms with Crippen molar-refractivity contribution in [1.82, 2.24) is 10.2 Å². The van der Waals surface area contributed by atoms with Gasteiger partial charge in [0.25, 0.3) is 0 Å². The van der Waals surface area contributed by atoms with Crippen LogP contribution in [0.1, 0.15) is 18.5 Å². The van der Waals surface area contributed by atoms with Crippen LogP contribution < -0.4 is 4.90 Å². The van der Waals surface area contributed by atoms with E-state index < -0.39 is 5.97 Å². The zero-order valence-corrected chi connectivity index (χ0v) is 8.55. The molecule has 0 spiro atoms. The molecule has 1 aromatic rings. The van der Waals surface area contributed by atoms with E-state index in [2.05, 4.69) is 10.2 Å². The number of aliphatic carboxylic acids is 1. The second-order valence-electron chi connectivity index (χ2n) is 3.79. The Bertz CT molecular complexity index is 359. The average molecular weight is 207 g/mol. The summed E-state index contributed by atoms with van der Waals surface area (Å²) in [4.78, 5) is 12.5. The number of carbonyl (C=O) groups is 1. The number of rotatable bonds is 4. The molecule has 1 saturated carbocycles. The lowest BCUT2D eigenvalue weighted by atomic mass is 10.4. The number of nitrogens with zero attached hydrogens (tertiary/aromatic N) is 3. The van der Waals surface area contributed by atoms with Crippen LogP contribution in [0.25, 0.3) is 0 Å². The molecule has 5 heteroatoms. The highest BCUT2D eigenvalue weighted by Crippen LogP contribution is 2.29. The maximum absolute atomic E-state index is 10.7. The Hall–Kier alpha value is -1.65. The summed E-state index contributed by atoms with van der Waals surface area (Å²) in [6, 6.07) is 4.00. The predicted molar refractivity (Wildman–Crippen MR) is 54.8 cm³/mol. The molecule has 0 aliphatic heterocycles. The van der Waals surface area contributed by atoms with Gasteiger partial charge in [-0.2, -0.15) is 5.10 Å². The zero-order chi connectivity index (χ0) is 10.8. The van der Waals surface area contributed by atoms with Crippen LogP contribution in [-0.4, -0.2) is 33.9 Å². The normalized spacial score (nSPS) is 15.0. The van der Waals surface area contributed by atoms with E-state index in [4.69, 9.17) is 5.11 Å². The first-order valence-corrected chi connectivity index (χ1v) is 4.95. The van der Waals surface area contributed by atoms with E-state index in [-0.39, 0.29) is 6.54 Å². The largest absolute Gasteiger partial charge is 0.480 e. The maximum Gasteiger partial charge on any atom is 0.323 e. The minimum atomic E-state index is -0.829. The van der Waals surface area contributed by atoms with Crippen molar-refractivity contribution in [2.75, 3.05) is 11.4 Å². The molecule has 0 saturated heterocycles. The highest BCUT2D eigenvalue weighted by Gasteiger charge is 2.31. The van der Waals surface area contributed by atoms with Gasteiger partial charge in [-0.15, -0.1) is 5.10 Å². The molecule has 1 aliphatic carbocycles. The Kier molecular flexibility index (Phi) is 2.53. The summed E-state index contributed by atoms with van der Waals surface area (Å²) in [5.74, 6) is -0.172. The number of aromatic nitrogens is 2. The van der Waals surface area contributed by atoms with E-state index in [0.29, 0.717) is 11.9 Å². The van der Waals surface area contributed by atoms with Gasteiger partial charge >= 0.3 is 5.97 Å². The number of aryl methyl sites for hydroxylation is 1. The second kappa shape index (κ2) is 3.84. The van der Waals surface area contributed by atoms with Crippen molar-refractivity contribution in [2.24, 2.45) is 0 Å². The predicted octanol–water partition coefficient (Wildman–Crippen LogP) is 0.838. The number of carboxylic acids is 1. The first-order valence-electron chi connectivity index (χ1n) is 4.95. The molecular formula is C10H13N3O2. The second-order valence-corrected chi connectivity index (χ2v) is 3.79. The minimum Gasteiger partial charge on any atom is -0.480 e. The van der Waals surface area contributed by atoms with Gasteiger partial charge in [-0.25, -0.2) is 0 Å². The molecule has 0 radical (unpaired) electrons. The highest BCUT2D eigenvalue weighted by molar-refractivity contribution is 5.73. The monoisotopic (exact) mass is 207 g/mol. The first-order chi connectivity index (χ1) is 7.16. The summed E-state index contributed by atoms with van der Waals surface area (Å²) >= 11 is 0. The SMILES string of the molecule is Cc1ccc(N(CC(=O)O)C2CC2)nn1.